The van der Waals surface area contributed by atoms with Crippen molar-refractivity contribution in [1.82, 2.24) is 0 Å². The predicted octanol–water partition coefficient (Wildman–Crippen LogP) is 5.65. The molecule has 0 heterocycles. The van der Waals surface area contributed by atoms with Crippen molar-refractivity contribution >= 4 is 39.3 Å². The predicted molar refractivity (Wildman–Crippen MR) is 97.7 cm³/mol. The quantitative estimate of drug-likeness (QED) is 0.292. The van der Waals surface area contributed by atoms with Gasteiger partial charge in [0.25, 0.3) is 0 Å². The molecule has 0 N–H and O–H groups in total. The summed E-state index contributed by atoms with van der Waals surface area (Å²) >= 11 is 9.65. The minimum absolute atomic E-state index is 0.485. The minimum atomic E-state index is -0.485. The van der Waals surface area contributed by atoms with Crippen LogP contribution in [-0.2, 0) is 0 Å². The van der Waals surface area contributed by atoms with E-state index in [0.29, 0.717) is 11.0 Å². The van der Waals surface area contributed by atoms with Crippen molar-refractivity contribution in [3.63, 3.8) is 0 Å². The number of nitriles is 1. The highest BCUT2D eigenvalue weighted by Crippen LogP contribution is 2.40. The van der Waals surface area contributed by atoms with E-state index in [9.17, 15) is 0 Å². The van der Waals surface area contributed by atoms with Crippen LogP contribution in [0.4, 0.5) is 0 Å². The number of rotatable bonds is 11. The van der Waals surface area contributed by atoms with Gasteiger partial charge in [-0.3, -0.25) is 0 Å². The molecule has 19 heavy (non-hydrogen) atoms. The second-order valence-corrected chi connectivity index (χ2v) is 9.31. The minimum Gasteiger partial charge on any atom is -0.197 e. The summed E-state index contributed by atoms with van der Waals surface area (Å²) in [6, 6.07) is 2.31. The Morgan fingerprint density at radius 3 is 2.21 bits per heavy atom. The first-order valence-corrected chi connectivity index (χ1v) is 9.99. The molecule has 0 aromatic rings. The molecule has 0 aliphatic carbocycles. The van der Waals surface area contributed by atoms with Crippen LogP contribution in [-0.4, -0.2) is 14.5 Å². The third-order valence-corrected chi connectivity index (χ3v) is 7.30. The zero-order valence-corrected chi connectivity index (χ0v) is 15.0. The molecule has 0 rings (SSSR count). The van der Waals surface area contributed by atoms with Gasteiger partial charge in [0.05, 0.1) is 15.4 Å². The van der Waals surface area contributed by atoms with Crippen molar-refractivity contribution in [3.8, 4) is 6.07 Å². The molecule has 0 aromatic carbocycles. The van der Waals surface area contributed by atoms with Crippen LogP contribution in [0, 0.1) is 11.3 Å². The average Bonchev–Trinajstić information content (AvgIpc) is 2.39. The van der Waals surface area contributed by atoms with Crippen molar-refractivity contribution in [2.75, 3.05) is 5.75 Å². The van der Waals surface area contributed by atoms with Gasteiger partial charge in [0.2, 0.25) is 0 Å². The lowest BCUT2D eigenvalue weighted by Crippen LogP contribution is -2.14. The molecule has 0 bridgehead atoms. The van der Waals surface area contributed by atoms with Crippen LogP contribution in [0.1, 0.15) is 71.6 Å². The normalized spacial score (nSPS) is 14.7. The standard InChI is InChI=1S/C15H29NS3/c1-3-5-7-8-9-11-14(10-6-4-2)19(13-12-16)15(17)18/h14,19H,3-11,13H2,1-2H3,(H,17,18). The van der Waals surface area contributed by atoms with E-state index in [1.54, 1.807) is 0 Å². The molecule has 0 saturated carbocycles. The fraction of sp³-hybridized carbons (Fsp3) is 0.867. The molecule has 0 aliphatic heterocycles. The molecular formula is C15H29NS3. The van der Waals surface area contributed by atoms with Crippen LogP contribution in [0.3, 0.4) is 0 Å². The summed E-state index contributed by atoms with van der Waals surface area (Å²) in [4.78, 5) is 0. The van der Waals surface area contributed by atoms with E-state index in [1.807, 2.05) is 0 Å². The number of thiol groups is 2. The molecule has 4 heteroatoms. The van der Waals surface area contributed by atoms with E-state index in [-0.39, 0.29) is 0 Å². The Morgan fingerprint density at radius 1 is 1.11 bits per heavy atom. The van der Waals surface area contributed by atoms with E-state index in [0.717, 1.165) is 3.53 Å². The van der Waals surface area contributed by atoms with Gasteiger partial charge in [0.1, 0.15) is 0 Å². The topological polar surface area (TPSA) is 23.8 Å². The molecule has 0 amide bonds. The van der Waals surface area contributed by atoms with Gasteiger partial charge < -0.3 is 0 Å². The van der Waals surface area contributed by atoms with Gasteiger partial charge in [0.15, 0.2) is 0 Å². The third kappa shape index (κ3) is 9.76. The Bertz CT molecular complexity index is 273. The maximum Gasteiger partial charge on any atom is 0.0822 e. The Labute approximate surface area is 133 Å². The van der Waals surface area contributed by atoms with Crippen LogP contribution < -0.4 is 0 Å². The summed E-state index contributed by atoms with van der Waals surface area (Å²) in [5.41, 5.74) is 0. The molecule has 0 spiro atoms. The van der Waals surface area contributed by atoms with Crippen molar-refractivity contribution in [3.05, 3.63) is 0 Å². The summed E-state index contributed by atoms with van der Waals surface area (Å²) in [6.45, 7) is 4.47. The molecule has 1 nitrogen and oxygen atoms in total. The summed E-state index contributed by atoms with van der Waals surface area (Å²) in [5.74, 6) is 0.598. The SMILES string of the molecule is CCCCCCCC(CCCC)[SH](CC#N)C(=S)S. The van der Waals surface area contributed by atoms with Crippen LogP contribution in [0.25, 0.3) is 0 Å². The Hall–Kier alpha value is 0.280. The number of hydrogen-bond donors (Lipinski definition) is 2. The van der Waals surface area contributed by atoms with Gasteiger partial charge in [-0.05, 0) is 18.1 Å². The van der Waals surface area contributed by atoms with Crippen molar-refractivity contribution in [2.24, 2.45) is 0 Å². The first-order valence-electron chi connectivity index (χ1n) is 7.53. The lowest BCUT2D eigenvalue weighted by molar-refractivity contribution is 0.571. The van der Waals surface area contributed by atoms with Crippen molar-refractivity contribution < 1.29 is 0 Å². The molecule has 0 saturated heterocycles. The molecule has 2 unspecified atom stereocenters. The maximum absolute atomic E-state index is 8.97. The fourth-order valence-corrected chi connectivity index (χ4v) is 5.50. The lowest BCUT2D eigenvalue weighted by atomic mass is 10.1. The van der Waals surface area contributed by atoms with E-state index >= 15 is 0 Å². The van der Waals surface area contributed by atoms with E-state index in [2.05, 4.69) is 32.5 Å². The largest absolute Gasteiger partial charge is 0.197 e. The zero-order valence-electron chi connectivity index (χ0n) is 12.4. The molecule has 0 aliphatic rings. The second kappa shape index (κ2) is 13.3. The van der Waals surface area contributed by atoms with E-state index in [1.165, 1.54) is 57.8 Å². The van der Waals surface area contributed by atoms with Crippen molar-refractivity contribution in [1.29, 1.82) is 5.26 Å². The first kappa shape index (κ1) is 19.3. The zero-order chi connectivity index (χ0) is 14.5. The average molecular weight is 320 g/mol. The summed E-state index contributed by atoms with van der Waals surface area (Å²) < 4.78 is 0.797. The van der Waals surface area contributed by atoms with Gasteiger partial charge in [0, 0.05) is 0 Å². The van der Waals surface area contributed by atoms with Gasteiger partial charge >= 0.3 is 0 Å². The van der Waals surface area contributed by atoms with Crippen LogP contribution in [0.5, 0.6) is 0 Å². The summed E-state index contributed by atoms with van der Waals surface area (Å²) in [6.07, 6.45) is 11.5. The highest BCUT2D eigenvalue weighted by molar-refractivity contribution is 8.50. The molecular weight excluding hydrogens is 290 g/mol. The monoisotopic (exact) mass is 319 g/mol. The number of hydrogen-bond acceptors (Lipinski definition) is 2. The van der Waals surface area contributed by atoms with Crippen molar-refractivity contribution in [2.45, 2.75) is 76.9 Å². The number of unbranched alkanes of at least 4 members (excludes halogenated alkanes) is 5. The summed E-state index contributed by atoms with van der Waals surface area (Å²) in [7, 11) is -0.485. The maximum atomic E-state index is 8.97. The smallest absolute Gasteiger partial charge is 0.0822 e. The Morgan fingerprint density at radius 2 is 1.68 bits per heavy atom. The van der Waals surface area contributed by atoms with Crippen LogP contribution in [0.2, 0.25) is 0 Å². The Kier molecular flexibility index (Phi) is 13.5. The number of thiocarbonyl (C=S) groups is 1. The van der Waals surface area contributed by atoms with Crippen LogP contribution in [0.15, 0.2) is 0 Å². The molecule has 0 aromatic heterocycles. The van der Waals surface area contributed by atoms with Gasteiger partial charge in [-0.15, -0.1) is 12.6 Å². The van der Waals surface area contributed by atoms with E-state index in [4.69, 9.17) is 17.5 Å². The van der Waals surface area contributed by atoms with Crippen LogP contribution >= 0.6 is 35.7 Å². The second-order valence-electron chi connectivity index (χ2n) is 5.07. The van der Waals surface area contributed by atoms with Gasteiger partial charge in [-0.1, -0.05) is 71.0 Å². The highest BCUT2D eigenvalue weighted by Gasteiger charge is 2.19. The van der Waals surface area contributed by atoms with E-state index < -0.39 is 10.9 Å². The number of nitrogens with zero attached hydrogens (tertiary/aromatic N) is 1. The molecule has 2 atom stereocenters. The molecule has 0 fully saturated rings. The highest BCUT2D eigenvalue weighted by atomic mass is 32.3. The summed E-state index contributed by atoms with van der Waals surface area (Å²) in [5, 5.41) is 9.60. The first-order chi connectivity index (χ1) is 9.17. The van der Waals surface area contributed by atoms with Gasteiger partial charge in [-0.2, -0.15) is 16.2 Å². The fourth-order valence-electron chi connectivity index (χ4n) is 2.31. The molecule has 112 valence electrons. The molecule has 0 radical (unpaired) electrons. The third-order valence-electron chi connectivity index (χ3n) is 3.46. The lowest BCUT2D eigenvalue weighted by Gasteiger charge is -2.28. The Balaban J connectivity index is 4.26. The van der Waals surface area contributed by atoms with Gasteiger partial charge in [-0.25, -0.2) is 0 Å².